The minimum Gasteiger partial charge on any atom is -0.314 e. The van der Waals surface area contributed by atoms with E-state index < -0.39 is 0 Å². The Morgan fingerprint density at radius 1 is 0.889 bits per heavy atom. The zero-order valence-electron chi connectivity index (χ0n) is 12.7. The lowest BCUT2D eigenvalue weighted by molar-refractivity contribution is 0.234. The van der Waals surface area contributed by atoms with E-state index in [-0.39, 0.29) is 0 Å². The van der Waals surface area contributed by atoms with Crippen molar-refractivity contribution in [1.29, 1.82) is 0 Å². The fourth-order valence-electron chi connectivity index (χ4n) is 2.78. The van der Waals surface area contributed by atoms with Gasteiger partial charge in [0, 0.05) is 6.04 Å². The third kappa shape index (κ3) is 8.10. The van der Waals surface area contributed by atoms with Crippen molar-refractivity contribution < 1.29 is 0 Å². The molecule has 1 heterocycles. The first-order chi connectivity index (χ1) is 8.83. The summed E-state index contributed by atoms with van der Waals surface area (Å²) in [6, 6.07) is 0.797. The molecule has 1 aliphatic heterocycles. The molecule has 2 heteroatoms. The van der Waals surface area contributed by atoms with Crippen LogP contribution in [0.25, 0.3) is 0 Å². The number of unbranched alkanes of at least 4 members (excludes halogenated alkanes) is 7. The highest BCUT2D eigenvalue weighted by Crippen LogP contribution is 2.10. The van der Waals surface area contributed by atoms with Gasteiger partial charge in [-0.25, -0.2) is 0 Å². The summed E-state index contributed by atoms with van der Waals surface area (Å²) in [5, 5.41) is 3.73. The maximum Gasteiger partial charge on any atom is 0.00914 e. The van der Waals surface area contributed by atoms with Crippen molar-refractivity contribution in [2.45, 2.75) is 77.2 Å². The third-order valence-electron chi connectivity index (χ3n) is 4.18. The van der Waals surface area contributed by atoms with Crippen molar-refractivity contribution in [3.8, 4) is 0 Å². The van der Waals surface area contributed by atoms with Gasteiger partial charge in [0.15, 0.2) is 0 Å². The molecule has 1 N–H and O–H groups in total. The number of nitrogens with zero attached hydrogens (tertiary/aromatic N) is 1. The van der Waals surface area contributed by atoms with Crippen molar-refractivity contribution in [3.05, 3.63) is 0 Å². The summed E-state index contributed by atoms with van der Waals surface area (Å²) in [7, 11) is 2.23. The average molecular weight is 254 g/mol. The third-order valence-corrected chi connectivity index (χ3v) is 4.18. The lowest BCUT2D eigenvalue weighted by Gasteiger charge is -2.29. The summed E-state index contributed by atoms with van der Waals surface area (Å²) >= 11 is 0. The van der Waals surface area contributed by atoms with Crippen LogP contribution in [0.3, 0.4) is 0 Å². The van der Waals surface area contributed by atoms with Crippen LogP contribution in [0, 0.1) is 0 Å². The van der Waals surface area contributed by atoms with Crippen molar-refractivity contribution in [2.24, 2.45) is 0 Å². The van der Waals surface area contributed by atoms with Crippen LogP contribution >= 0.6 is 0 Å². The molecule has 0 aromatic rings. The highest BCUT2D eigenvalue weighted by Gasteiger charge is 2.14. The van der Waals surface area contributed by atoms with E-state index in [4.69, 9.17) is 0 Å². The van der Waals surface area contributed by atoms with Crippen LogP contribution in [0.2, 0.25) is 0 Å². The van der Waals surface area contributed by atoms with Crippen LogP contribution < -0.4 is 5.32 Å². The topological polar surface area (TPSA) is 15.3 Å². The number of hydrogen-bond acceptors (Lipinski definition) is 2. The summed E-state index contributed by atoms with van der Waals surface area (Å²) in [6.07, 6.45) is 14.1. The molecule has 0 amide bonds. The van der Waals surface area contributed by atoms with Gasteiger partial charge in [-0.2, -0.15) is 0 Å². The van der Waals surface area contributed by atoms with Crippen LogP contribution in [-0.2, 0) is 0 Å². The molecule has 108 valence electrons. The zero-order chi connectivity index (χ0) is 13.1. The van der Waals surface area contributed by atoms with Crippen LogP contribution in [0.5, 0.6) is 0 Å². The predicted octanol–water partition coefficient (Wildman–Crippen LogP) is 3.81. The number of likely N-dealkylation sites (tertiary alicyclic amines) is 1. The Kier molecular flexibility index (Phi) is 9.59. The fraction of sp³-hybridized carbons (Fsp3) is 1.00. The quantitative estimate of drug-likeness (QED) is 0.596. The van der Waals surface area contributed by atoms with E-state index in [9.17, 15) is 0 Å². The maximum atomic E-state index is 3.73. The van der Waals surface area contributed by atoms with Gasteiger partial charge in [-0.05, 0) is 45.9 Å². The Labute approximate surface area is 115 Å². The molecule has 2 nitrogen and oxygen atoms in total. The second kappa shape index (κ2) is 10.8. The number of piperidine rings is 1. The molecular weight excluding hydrogens is 220 g/mol. The molecule has 1 rings (SSSR count). The highest BCUT2D eigenvalue weighted by atomic mass is 15.1. The van der Waals surface area contributed by atoms with E-state index in [0.29, 0.717) is 0 Å². The molecule has 0 aliphatic carbocycles. The van der Waals surface area contributed by atoms with Crippen molar-refractivity contribution in [2.75, 3.05) is 26.7 Å². The first-order valence-corrected chi connectivity index (χ1v) is 8.25. The second-order valence-corrected chi connectivity index (χ2v) is 6.01. The molecule has 1 aliphatic rings. The molecule has 1 saturated heterocycles. The zero-order valence-corrected chi connectivity index (χ0v) is 12.7. The minimum atomic E-state index is 0.797. The lowest BCUT2D eigenvalue weighted by Crippen LogP contribution is -2.41. The molecule has 0 unspecified atom stereocenters. The first-order valence-electron chi connectivity index (χ1n) is 8.25. The number of rotatable bonds is 10. The molecule has 0 spiro atoms. The van der Waals surface area contributed by atoms with Gasteiger partial charge in [0.05, 0.1) is 0 Å². The molecule has 1 fully saturated rings. The Hall–Kier alpha value is -0.0800. The monoisotopic (exact) mass is 254 g/mol. The molecule has 0 aromatic carbocycles. The molecular formula is C16H34N2. The van der Waals surface area contributed by atoms with E-state index in [0.717, 1.165) is 6.04 Å². The van der Waals surface area contributed by atoms with E-state index >= 15 is 0 Å². The Bertz CT molecular complexity index is 174. The molecule has 0 bridgehead atoms. The minimum absolute atomic E-state index is 0.797. The van der Waals surface area contributed by atoms with Gasteiger partial charge in [0.1, 0.15) is 0 Å². The van der Waals surface area contributed by atoms with Gasteiger partial charge in [-0.3, -0.25) is 0 Å². The molecule has 0 aromatic heterocycles. The maximum absolute atomic E-state index is 3.73. The highest BCUT2D eigenvalue weighted by molar-refractivity contribution is 4.75. The fourth-order valence-corrected chi connectivity index (χ4v) is 2.78. The molecule has 18 heavy (non-hydrogen) atoms. The van der Waals surface area contributed by atoms with Gasteiger partial charge in [-0.1, -0.05) is 51.9 Å². The van der Waals surface area contributed by atoms with Gasteiger partial charge < -0.3 is 10.2 Å². The largest absolute Gasteiger partial charge is 0.314 e. The normalized spacial score (nSPS) is 18.3. The van der Waals surface area contributed by atoms with Gasteiger partial charge in [-0.15, -0.1) is 0 Å². The average Bonchev–Trinajstić information content (AvgIpc) is 2.39. The SMILES string of the molecule is CCCCCCCCCCNC1CCN(C)CC1. The van der Waals surface area contributed by atoms with Crippen molar-refractivity contribution in [3.63, 3.8) is 0 Å². The van der Waals surface area contributed by atoms with Gasteiger partial charge in [0.2, 0.25) is 0 Å². The molecule has 0 radical (unpaired) electrons. The van der Waals surface area contributed by atoms with E-state index in [1.165, 1.54) is 83.8 Å². The molecule has 0 atom stereocenters. The Morgan fingerprint density at radius 3 is 2.06 bits per heavy atom. The van der Waals surface area contributed by atoms with E-state index in [1.54, 1.807) is 0 Å². The van der Waals surface area contributed by atoms with Gasteiger partial charge >= 0.3 is 0 Å². The summed E-state index contributed by atoms with van der Waals surface area (Å²) in [4.78, 5) is 2.44. The summed E-state index contributed by atoms with van der Waals surface area (Å²) < 4.78 is 0. The molecule has 0 saturated carbocycles. The second-order valence-electron chi connectivity index (χ2n) is 6.01. The Morgan fingerprint density at radius 2 is 1.44 bits per heavy atom. The smallest absolute Gasteiger partial charge is 0.00914 e. The van der Waals surface area contributed by atoms with Crippen LogP contribution in [-0.4, -0.2) is 37.6 Å². The van der Waals surface area contributed by atoms with E-state index in [2.05, 4.69) is 24.2 Å². The van der Waals surface area contributed by atoms with Crippen molar-refractivity contribution in [1.82, 2.24) is 10.2 Å². The summed E-state index contributed by atoms with van der Waals surface area (Å²) in [6.45, 7) is 6.07. The van der Waals surface area contributed by atoms with Gasteiger partial charge in [0.25, 0.3) is 0 Å². The van der Waals surface area contributed by atoms with Crippen LogP contribution in [0.1, 0.15) is 71.1 Å². The van der Waals surface area contributed by atoms with Crippen LogP contribution in [0.4, 0.5) is 0 Å². The summed E-state index contributed by atoms with van der Waals surface area (Å²) in [5.74, 6) is 0. The number of hydrogen-bond donors (Lipinski definition) is 1. The lowest BCUT2D eigenvalue weighted by atomic mass is 10.0. The predicted molar refractivity (Wildman–Crippen MR) is 81.1 cm³/mol. The van der Waals surface area contributed by atoms with E-state index in [1.807, 2.05) is 0 Å². The standard InChI is InChI=1S/C16H34N2/c1-3-4-5-6-7-8-9-10-13-17-16-11-14-18(2)15-12-16/h16-17H,3-15H2,1-2H3. The first kappa shape index (κ1) is 16.0. The van der Waals surface area contributed by atoms with Crippen LogP contribution in [0.15, 0.2) is 0 Å². The Balaban J connectivity index is 1.78. The van der Waals surface area contributed by atoms with Crippen molar-refractivity contribution >= 4 is 0 Å². The number of nitrogens with one attached hydrogen (secondary N) is 1. The summed E-state index contributed by atoms with van der Waals surface area (Å²) in [5.41, 5.74) is 0.